The zero-order valence-electron chi connectivity index (χ0n) is 28.9. The predicted octanol–water partition coefficient (Wildman–Crippen LogP) is 5.11. The molecule has 10 rings (SSSR count). The molecular formula is C38H65N2O4S7+. The SMILES string of the molecule is C.C.Cc1ccc2c3c1O[C@@H]1C(=O)CC[C@@H]4[C@H](C2)N(C)CC[C@@]314.Cc1ccc2c3c1O[C@@H]1C(=O)CC[C@@H]4[C@H](C2)[NH+](C)CC[C@@]314.S.S.S.S.S.S.S. The van der Waals surface area contributed by atoms with Crippen LogP contribution in [0.2, 0.25) is 0 Å². The maximum absolute atomic E-state index is 12.6. The number of nitrogens with zero attached hydrogens (tertiary/aromatic N) is 1. The second-order valence-electron chi connectivity index (χ2n) is 14.9. The lowest BCUT2D eigenvalue weighted by atomic mass is 9.51. The fourth-order valence-electron chi connectivity index (χ4n) is 11.5. The number of hydrogen-bond acceptors (Lipinski definition) is 5. The molecule has 0 amide bonds. The number of piperidine rings is 2. The lowest BCUT2D eigenvalue weighted by molar-refractivity contribution is -0.919. The van der Waals surface area contributed by atoms with Gasteiger partial charge in [-0.25, -0.2) is 0 Å². The Balaban J connectivity index is 0.000000833. The van der Waals surface area contributed by atoms with Gasteiger partial charge >= 0.3 is 0 Å². The minimum absolute atomic E-state index is 0. The molecule has 4 aliphatic heterocycles. The molecular weight excluding hydrogens is 773 g/mol. The van der Waals surface area contributed by atoms with Gasteiger partial charge in [0.05, 0.1) is 25.0 Å². The van der Waals surface area contributed by atoms with Crippen LogP contribution in [0.25, 0.3) is 0 Å². The molecule has 13 heteroatoms. The van der Waals surface area contributed by atoms with E-state index in [2.05, 4.69) is 57.1 Å². The standard InChI is InChI=1S/2C18H21NO2.2CH4.7H2S/c2*1-10-3-4-11-9-13-12-5-6-14(20)17-18(12,7-8-19(13)2)15(11)16(10)21-17;;;;;;;;;/h2*3-4,12-13,17H,5-9H2,1-2H3;2*1H4;7*1H2/p+1/t2*12-,13+,17-,18-;;;;;;;;;/m11........./s1. The summed E-state index contributed by atoms with van der Waals surface area (Å²) in [6.45, 7) is 6.49. The highest BCUT2D eigenvalue weighted by Gasteiger charge is 2.67. The third kappa shape index (κ3) is 6.53. The number of hydrogen-bond donors (Lipinski definition) is 1. The van der Waals surface area contributed by atoms with Gasteiger partial charge in [0.25, 0.3) is 0 Å². The molecule has 9 atom stereocenters. The predicted molar refractivity (Wildman–Crippen MR) is 245 cm³/mol. The maximum atomic E-state index is 12.6. The molecule has 6 nitrogen and oxygen atoms in total. The van der Waals surface area contributed by atoms with Crippen LogP contribution < -0.4 is 14.4 Å². The zero-order valence-corrected chi connectivity index (χ0v) is 35.9. The normalized spacial score (nSPS) is 33.9. The number of likely N-dealkylation sites (N-methyl/N-ethyl adjacent to an activating group) is 2. The Hall–Kier alpha value is -0.250. The van der Waals surface area contributed by atoms with Crippen LogP contribution in [0.5, 0.6) is 11.5 Å². The summed E-state index contributed by atoms with van der Waals surface area (Å²) >= 11 is 0. The molecule has 2 aromatic carbocycles. The molecule has 1 N–H and O–H groups in total. The average molecular weight is 838 g/mol. The Morgan fingerprint density at radius 3 is 1.71 bits per heavy atom. The van der Waals surface area contributed by atoms with E-state index in [4.69, 9.17) is 9.47 Å². The van der Waals surface area contributed by atoms with Gasteiger partial charge in [-0.15, -0.1) is 0 Å². The van der Waals surface area contributed by atoms with Gasteiger partial charge in [0.2, 0.25) is 0 Å². The number of aryl methyl sites for hydroxylation is 2. The number of carbonyl (C=O) groups excluding carboxylic acids is 2. The second kappa shape index (κ2) is 17.7. The highest BCUT2D eigenvalue weighted by molar-refractivity contribution is 7.60. The third-order valence-corrected chi connectivity index (χ3v) is 13.4. The number of nitrogens with one attached hydrogen (secondary N) is 1. The highest BCUT2D eigenvalue weighted by Crippen LogP contribution is 2.62. The summed E-state index contributed by atoms with van der Waals surface area (Å²) in [6, 6.07) is 10.2. The number of carbonyl (C=O) groups is 2. The molecule has 0 aromatic heterocycles. The van der Waals surface area contributed by atoms with Crippen molar-refractivity contribution >= 4 is 106 Å². The molecule has 2 saturated carbocycles. The van der Waals surface area contributed by atoms with Crippen LogP contribution in [-0.2, 0) is 33.3 Å². The van der Waals surface area contributed by atoms with Gasteiger partial charge < -0.3 is 19.3 Å². The van der Waals surface area contributed by atoms with Gasteiger partial charge in [-0.3, -0.25) is 9.59 Å². The van der Waals surface area contributed by atoms with Crippen molar-refractivity contribution in [2.24, 2.45) is 11.8 Å². The molecule has 2 aromatic rings. The van der Waals surface area contributed by atoms with Crippen molar-refractivity contribution in [3.05, 3.63) is 57.6 Å². The molecule has 4 fully saturated rings. The minimum atomic E-state index is -0.206. The highest BCUT2D eigenvalue weighted by atomic mass is 32.1. The van der Waals surface area contributed by atoms with Crippen molar-refractivity contribution in [1.29, 1.82) is 0 Å². The van der Waals surface area contributed by atoms with Gasteiger partial charge in [0.1, 0.15) is 11.5 Å². The Kier molecular flexibility index (Phi) is 17.6. The fraction of sp³-hybridized carbons (Fsp3) is 0.632. The molecule has 4 heterocycles. The van der Waals surface area contributed by atoms with E-state index in [9.17, 15) is 9.59 Å². The van der Waals surface area contributed by atoms with Gasteiger partial charge in [-0.1, -0.05) is 39.1 Å². The first-order valence-corrected chi connectivity index (χ1v) is 16.4. The molecule has 2 saturated heterocycles. The number of Topliss-reactive ketones (excluding diaryl/α,β-unsaturated/α-hetero) is 2. The maximum Gasteiger partial charge on any atom is 0.174 e. The van der Waals surface area contributed by atoms with E-state index in [-0.39, 0.29) is 132 Å². The topological polar surface area (TPSA) is 60.3 Å². The first-order valence-electron chi connectivity index (χ1n) is 16.4. The number of ketones is 2. The van der Waals surface area contributed by atoms with Gasteiger partial charge in [-0.05, 0) is 81.3 Å². The van der Waals surface area contributed by atoms with E-state index in [1.165, 1.54) is 39.9 Å². The molecule has 1 unspecified atom stereocenters. The lowest BCUT2D eigenvalue weighted by Crippen LogP contribution is -3.16. The van der Waals surface area contributed by atoms with Crippen LogP contribution in [0.3, 0.4) is 0 Å². The summed E-state index contributed by atoms with van der Waals surface area (Å²) in [7, 11) is 4.58. The van der Waals surface area contributed by atoms with Crippen molar-refractivity contribution in [3.8, 4) is 11.5 Å². The Morgan fingerprint density at radius 1 is 0.706 bits per heavy atom. The number of rotatable bonds is 0. The molecule has 4 bridgehead atoms. The summed E-state index contributed by atoms with van der Waals surface area (Å²) in [4.78, 5) is 29.3. The lowest BCUT2D eigenvalue weighted by Gasteiger charge is -2.57. The summed E-state index contributed by atoms with van der Waals surface area (Å²) in [5.41, 5.74) is 8.11. The summed E-state index contributed by atoms with van der Waals surface area (Å²) < 4.78 is 12.6. The van der Waals surface area contributed by atoms with E-state index in [0.717, 1.165) is 56.6 Å². The second-order valence-corrected chi connectivity index (χ2v) is 14.9. The van der Waals surface area contributed by atoms with Crippen LogP contribution in [0.15, 0.2) is 24.3 Å². The number of ether oxygens (including phenoxy) is 2. The van der Waals surface area contributed by atoms with Crippen molar-refractivity contribution in [2.45, 2.75) is 115 Å². The van der Waals surface area contributed by atoms with E-state index in [0.29, 0.717) is 48.3 Å². The van der Waals surface area contributed by atoms with E-state index in [1.807, 2.05) is 0 Å². The molecule has 8 aliphatic rings. The zero-order chi connectivity index (χ0) is 28.7. The van der Waals surface area contributed by atoms with Gasteiger partial charge in [0.15, 0.2) is 23.8 Å². The summed E-state index contributed by atoms with van der Waals surface area (Å²) in [5.74, 6) is 3.99. The summed E-state index contributed by atoms with van der Waals surface area (Å²) in [6.07, 6.45) is 7.58. The molecule has 4 aliphatic carbocycles. The average Bonchev–Trinajstić information content (AvgIpc) is 3.52. The smallest absolute Gasteiger partial charge is 0.174 e. The third-order valence-electron chi connectivity index (χ3n) is 13.4. The van der Waals surface area contributed by atoms with Crippen molar-refractivity contribution in [2.75, 3.05) is 27.2 Å². The van der Waals surface area contributed by atoms with Gasteiger partial charge in [0, 0.05) is 54.2 Å². The number of quaternary nitrogens is 1. The van der Waals surface area contributed by atoms with Crippen LogP contribution in [0.4, 0.5) is 0 Å². The van der Waals surface area contributed by atoms with Crippen LogP contribution in [0.1, 0.15) is 86.8 Å². The van der Waals surface area contributed by atoms with Crippen LogP contribution in [-0.4, -0.2) is 67.9 Å². The van der Waals surface area contributed by atoms with Crippen molar-refractivity contribution < 1.29 is 24.0 Å². The molecule has 0 radical (unpaired) electrons. The van der Waals surface area contributed by atoms with Crippen molar-refractivity contribution in [1.82, 2.24) is 4.90 Å². The quantitative estimate of drug-likeness (QED) is 0.400. The first-order chi connectivity index (χ1) is 20.3. The van der Waals surface area contributed by atoms with Gasteiger partial charge in [-0.2, -0.15) is 94.5 Å². The number of benzene rings is 2. The Bertz CT molecular complexity index is 1480. The van der Waals surface area contributed by atoms with Crippen LogP contribution in [0, 0.1) is 25.7 Å². The first kappa shape index (κ1) is 50.8. The monoisotopic (exact) mass is 837 g/mol. The van der Waals surface area contributed by atoms with E-state index in [1.54, 1.807) is 4.90 Å². The molecule has 2 spiro atoms. The minimum Gasteiger partial charge on any atom is -0.481 e. The fourth-order valence-corrected chi connectivity index (χ4v) is 11.5. The summed E-state index contributed by atoms with van der Waals surface area (Å²) in [5, 5.41) is 0. The van der Waals surface area contributed by atoms with Crippen LogP contribution >= 0.6 is 94.5 Å². The Labute approximate surface area is 355 Å². The molecule has 51 heavy (non-hydrogen) atoms. The van der Waals surface area contributed by atoms with E-state index < -0.39 is 0 Å². The van der Waals surface area contributed by atoms with Crippen molar-refractivity contribution in [3.63, 3.8) is 0 Å². The molecule has 292 valence electrons. The van der Waals surface area contributed by atoms with E-state index >= 15 is 0 Å². The number of likely N-dealkylation sites (tertiary alicyclic amines) is 2. The largest absolute Gasteiger partial charge is 0.481 e. The Morgan fingerprint density at radius 2 is 1.18 bits per heavy atom.